The predicted molar refractivity (Wildman–Crippen MR) is 71.4 cm³/mol. The number of amides is 1. The maximum absolute atomic E-state index is 12.0. The lowest BCUT2D eigenvalue weighted by Gasteiger charge is -2.04. The summed E-state index contributed by atoms with van der Waals surface area (Å²) in [6.07, 6.45) is 1.52. The molecule has 0 aliphatic rings. The van der Waals surface area contributed by atoms with Gasteiger partial charge in [-0.25, -0.2) is 0 Å². The number of carbonyl (C=O) groups excluding carboxylic acids is 1. The van der Waals surface area contributed by atoms with Crippen LogP contribution >= 0.6 is 0 Å². The van der Waals surface area contributed by atoms with Crippen LogP contribution < -0.4 is 11.1 Å². The Labute approximate surface area is 114 Å². The average Bonchev–Trinajstić information content (AvgIpc) is 2.77. The highest BCUT2D eigenvalue weighted by atomic mass is 16.2. The summed E-state index contributed by atoms with van der Waals surface area (Å²) in [6.45, 7) is 0. The third-order valence-corrected chi connectivity index (χ3v) is 2.59. The van der Waals surface area contributed by atoms with Gasteiger partial charge in [0.2, 0.25) is 0 Å². The number of aromatic nitrogens is 2. The molecule has 0 radical (unpaired) electrons. The molecular formula is C13H10N6O. The number of nitrogen functional groups attached to an aromatic ring is 1. The van der Waals surface area contributed by atoms with Crippen LogP contribution in [0.15, 0.2) is 24.4 Å². The van der Waals surface area contributed by atoms with Gasteiger partial charge in [-0.1, -0.05) is 0 Å². The van der Waals surface area contributed by atoms with Gasteiger partial charge in [-0.3, -0.25) is 9.48 Å². The number of benzene rings is 1. The second kappa shape index (κ2) is 5.12. The number of anilines is 2. The Bertz CT molecular complexity index is 762. The Kier molecular flexibility index (Phi) is 3.36. The van der Waals surface area contributed by atoms with Crippen molar-refractivity contribution >= 4 is 17.3 Å². The Morgan fingerprint density at radius 2 is 2.05 bits per heavy atom. The quantitative estimate of drug-likeness (QED) is 0.839. The van der Waals surface area contributed by atoms with Gasteiger partial charge >= 0.3 is 0 Å². The van der Waals surface area contributed by atoms with Crippen LogP contribution in [0, 0.1) is 22.7 Å². The summed E-state index contributed by atoms with van der Waals surface area (Å²) < 4.78 is 1.43. The summed E-state index contributed by atoms with van der Waals surface area (Å²) in [5.41, 5.74) is 6.87. The summed E-state index contributed by atoms with van der Waals surface area (Å²) in [7, 11) is 1.66. The lowest BCUT2D eigenvalue weighted by Crippen LogP contribution is -2.14. The molecule has 1 aromatic heterocycles. The zero-order chi connectivity index (χ0) is 14.7. The lowest BCUT2D eigenvalue weighted by molar-refractivity contribution is 0.102. The number of rotatable bonds is 2. The number of hydrogen-bond acceptors (Lipinski definition) is 5. The fraction of sp³-hybridized carbons (Fsp3) is 0.0769. The highest BCUT2D eigenvalue weighted by Crippen LogP contribution is 2.16. The molecule has 2 rings (SSSR count). The summed E-state index contributed by atoms with van der Waals surface area (Å²) in [5, 5.41) is 24.3. The maximum atomic E-state index is 12.0. The van der Waals surface area contributed by atoms with E-state index in [1.54, 1.807) is 7.05 Å². The monoisotopic (exact) mass is 266 g/mol. The van der Waals surface area contributed by atoms with Gasteiger partial charge in [-0.15, -0.1) is 0 Å². The molecule has 1 amide bonds. The summed E-state index contributed by atoms with van der Waals surface area (Å²) in [4.78, 5) is 12.0. The van der Waals surface area contributed by atoms with Gasteiger partial charge in [0, 0.05) is 18.9 Å². The number of hydrogen-bond donors (Lipinski definition) is 2. The molecule has 0 aliphatic carbocycles. The van der Waals surface area contributed by atoms with Gasteiger partial charge in [0.25, 0.3) is 5.91 Å². The third kappa shape index (κ3) is 2.42. The van der Waals surface area contributed by atoms with Crippen molar-refractivity contribution in [2.24, 2.45) is 7.05 Å². The Balaban J connectivity index is 2.27. The molecule has 0 aliphatic heterocycles. The minimum atomic E-state index is -0.475. The van der Waals surface area contributed by atoms with E-state index in [0.717, 1.165) is 0 Å². The van der Waals surface area contributed by atoms with Crippen molar-refractivity contribution in [3.05, 3.63) is 41.2 Å². The molecule has 98 valence electrons. The Hall–Kier alpha value is -3.32. The van der Waals surface area contributed by atoms with Crippen LogP contribution in [0.3, 0.4) is 0 Å². The van der Waals surface area contributed by atoms with Gasteiger partial charge in [0.15, 0.2) is 5.69 Å². The summed E-state index contributed by atoms with van der Waals surface area (Å²) >= 11 is 0. The number of carbonyl (C=O) groups is 1. The van der Waals surface area contributed by atoms with Crippen LogP contribution in [0.25, 0.3) is 0 Å². The van der Waals surface area contributed by atoms with E-state index in [4.69, 9.17) is 16.3 Å². The van der Waals surface area contributed by atoms with Gasteiger partial charge < -0.3 is 11.1 Å². The smallest absolute Gasteiger partial charge is 0.278 e. The van der Waals surface area contributed by atoms with Crippen molar-refractivity contribution < 1.29 is 4.79 Å². The molecule has 0 saturated carbocycles. The number of nitrogens with zero attached hydrogens (tertiary/aromatic N) is 4. The SMILES string of the molecule is Cn1cc(N)c(C(=O)Nc2ccc(C#N)c(C#N)c2)n1. The molecule has 7 nitrogen and oxygen atoms in total. The van der Waals surface area contributed by atoms with Crippen LogP contribution in [-0.2, 0) is 7.05 Å². The van der Waals surface area contributed by atoms with Crippen LogP contribution in [0.4, 0.5) is 11.4 Å². The first kappa shape index (κ1) is 13.1. The van der Waals surface area contributed by atoms with E-state index in [1.807, 2.05) is 12.1 Å². The highest BCUT2D eigenvalue weighted by Gasteiger charge is 2.14. The fourth-order valence-corrected chi connectivity index (χ4v) is 1.69. The molecule has 1 heterocycles. The molecule has 0 saturated heterocycles. The number of nitriles is 2. The molecule has 0 atom stereocenters. The van der Waals surface area contributed by atoms with E-state index < -0.39 is 5.91 Å². The largest absolute Gasteiger partial charge is 0.396 e. The molecule has 3 N–H and O–H groups in total. The van der Waals surface area contributed by atoms with Gasteiger partial charge in [0.1, 0.15) is 12.1 Å². The van der Waals surface area contributed by atoms with Gasteiger partial charge in [0.05, 0.1) is 16.8 Å². The first-order valence-electron chi connectivity index (χ1n) is 5.60. The van der Waals surface area contributed by atoms with Crippen LogP contribution in [0.2, 0.25) is 0 Å². The van der Waals surface area contributed by atoms with E-state index >= 15 is 0 Å². The average molecular weight is 266 g/mol. The normalized spacial score (nSPS) is 9.55. The zero-order valence-electron chi connectivity index (χ0n) is 10.6. The molecule has 0 spiro atoms. The van der Waals surface area contributed by atoms with Crippen molar-refractivity contribution in [2.75, 3.05) is 11.1 Å². The fourth-order valence-electron chi connectivity index (χ4n) is 1.69. The van der Waals surface area contributed by atoms with Crippen molar-refractivity contribution in [3.8, 4) is 12.1 Å². The summed E-state index contributed by atoms with van der Waals surface area (Å²) in [5.74, 6) is -0.475. The van der Waals surface area contributed by atoms with Crippen molar-refractivity contribution in [2.45, 2.75) is 0 Å². The van der Waals surface area contributed by atoms with E-state index in [-0.39, 0.29) is 22.5 Å². The first-order chi connectivity index (χ1) is 9.55. The number of aryl methyl sites for hydroxylation is 1. The molecule has 20 heavy (non-hydrogen) atoms. The molecule has 0 unspecified atom stereocenters. The van der Waals surface area contributed by atoms with E-state index in [1.165, 1.54) is 29.1 Å². The van der Waals surface area contributed by atoms with Crippen LogP contribution in [0.1, 0.15) is 21.6 Å². The Morgan fingerprint density at radius 3 is 2.60 bits per heavy atom. The van der Waals surface area contributed by atoms with Gasteiger partial charge in [-0.05, 0) is 18.2 Å². The zero-order valence-corrected chi connectivity index (χ0v) is 10.6. The topological polar surface area (TPSA) is 121 Å². The predicted octanol–water partition coefficient (Wildman–Crippen LogP) is 0.998. The highest BCUT2D eigenvalue weighted by molar-refractivity contribution is 6.06. The second-order valence-corrected chi connectivity index (χ2v) is 4.04. The van der Waals surface area contributed by atoms with Crippen LogP contribution in [-0.4, -0.2) is 15.7 Å². The second-order valence-electron chi connectivity index (χ2n) is 4.04. The Morgan fingerprint density at radius 1 is 1.35 bits per heavy atom. The molecule has 7 heteroatoms. The third-order valence-electron chi connectivity index (χ3n) is 2.59. The minimum Gasteiger partial charge on any atom is -0.396 e. The minimum absolute atomic E-state index is 0.107. The summed E-state index contributed by atoms with van der Waals surface area (Å²) in [6, 6.07) is 8.23. The lowest BCUT2D eigenvalue weighted by atomic mass is 10.1. The van der Waals surface area contributed by atoms with Crippen LogP contribution in [0.5, 0.6) is 0 Å². The molecule has 0 fully saturated rings. The van der Waals surface area contributed by atoms with E-state index in [9.17, 15) is 4.79 Å². The molecule has 0 bridgehead atoms. The van der Waals surface area contributed by atoms with Gasteiger partial charge in [-0.2, -0.15) is 15.6 Å². The molecular weight excluding hydrogens is 256 g/mol. The van der Waals surface area contributed by atoms with E-state index in [0.29, 0.717) is 5.69 Å². The number of nitrogens with one attached hydrogen (secondary N) is 1. The standard InChI is InChI=1S/C13H10N6O/c1-19-7-11(16)12(18-19)13(20)17-10-3-2-8(5-14)9(4-10)6-15/h2-4,7H,16H2,1H3,(H,17,20). The maximum Gasteiger partial charge on any atom is 0.278 e. The van der Waals surface area contributed by atoms with Crippen molar-refractivity contribution in [1.29, 1.82) is 10.5 Å². The van der Waals surface area contributed by atoms with E-state index in [2.05, 4.69) is 10.4 Å². The van der Waals surface area contributed by atoms with Crippen molar-refractivity contribution in [3.63, 3.8) is 0 Å². The molecule has 2 aromatic rings. The number of nitrogens with two attached hydrogens (primary N) is 1. The van der Waals surface area contributed by atoms with Crippen molar-refractivity contribution in [1.82, 2.24) is 9.78 Å². The molecule has 1 aromatic carbocycles. The first-order valence-corrected chi connectivity index (χ1v) is 5.60.